The zero-order valence-electron chi connectivity index (χ0n) is 11.1. The fourth-order valence-electron chi connectivity index (χ4n) is 2.31. The molecule has 0 radical (unpaired) electrons. The molecule has 2 aliphatic heterocycles. The van der Waals surface area contributed by atoms with Crippen LogP contribution in [0.1, 0.15) is 19.3 Å². The minimum atomic E-state index is -1.22. The highest BCUT2D eigenvalue weighted by molar-refractivity contribution is 8.13. The van der Waals surface area contributed by atoms with Crippen LogP contribution >= 0.6 is 11.8 Å². The number of carbonyl (C=O) groups excluding carboxylic acids is 2. The number of nitrogens with zero attached hydrogens (tertiary/aromatic N) is 1. The summed E-state index contributed by atoms with van der Waals surface area (Å²) < 4.78 is 5.14. The van der Waals surface area contributed by atoms with Crippen molar-refractivity contribution < 1.29 is 24.2 Å². The number of carbonyl (C=O) groups is 3. The Balaban J connectivity index is 1.85. The maximum Gasteiger partial charge on any atom is 0.329 e. The zero-order chi connectivity index (χ0) is 14.6. The maximum atomic E-state index is 11.9. The van der Waals surface area contributed by atoms with E-state index in [0.29, 0.717) is 26.3 Å². The second-order valence-electron chi connectivity index (χ2n) is 4.90. The lowest BCUT2D eigenvalue weighted by Crippen LogP contribution is -2.57. The summed E-state index contributed by atoms with van der Waals surface area (Å²) >= 11 is 1.24. The largest absolute Gasteiger partial charge is 0.480 e. The highest BCUT2D eigenvalue weighted by atomic mass is 32.2. The quantitative estimate of drug-likeness (QED) is 0.758. The number of hydrogen-bond donors (Lipinski definition) is 2. The van der Waals surface area contributed by atoms with E-state index in [1.165, 1.54) is 11.8 Å². The minimum absolute atomic E-state index is 0.0168. The van der Waals surface area contributed by atoms with Gasteiger partial charge in [-0.2, -0.15) is 0 Å². The lowest BCUT2D eigenvalue weighted by Gasteiger charge is -2.34. The highest BCUT2D eigenvalue weighted by Crippen LogP contribution is 2.22. The van der Waals surface area contributed by atoms with Crippen molar-refractivity contribution in [3.05, 3.63) is 0 Å². The van der Waals surface area contributed by atoms with Crippen LogP contribution < -0.4 is 5.32 Å². The molecule has 0 aromatic rings. The van der Waals surface area contributed by atoms with Gasteiger partial charge in [0.2, 0.25) is 5.91 Å². The van der Waals surface area contributed by atoms with E-state index in [9.17, 15) is 19.5 Å². The minimum Gasteiger partial charge on any atom is -0.480 e. The van der Waals surface area contributed by atoms with Crippen molar-refractivity contribution in [3.8, 4) is 0 Å². The van der Waals surface area contributed by atoms with Gasteiger partial charge in [0.25, 0.3) is 5.24 Å². The molecule has 2 fully saturated rings. The molecule has 0 aromatic carbocycles. The van der Waals surface area contributed by atoms with Gasteiger partial charge in [0.05, 0.1) is 0 Å². The first-order chi connectivity index (χ1) is 9.53. The van der Waals surface area contributed by atoms with Gasteiger partial charge in [-0.05, 0) is 0 Å². The molecule has 0 aromatic heterocycles. The third kappa shape index (κ3) is 3.43. The molecule has 2 amide bonds. The second-order valence-corrected chi connectivity index (χ2v) is 5.95. The molecule has 20 heavy (non-hydrogen) atoms. The average molecular weight is 302 g/mol. The van der Waals surface area contributed by atoms with E-state index < -0.39 is 11.5 Å². The number of nitrogens with one attached hydrogen (secondary N) is 1. The first kappa shape index (κ1) is 15.1. The van der Waals surface area contributed by atoms with Gasteiger partial charge in [-0.3, -0.25) is 9.59 Å². The van der Waals surface area contributed by atoms with Crippen LogP contribution in [0.3, 0.4) is 0 Å². The van der Waals surface area contributed by atoms with E-state index >= 15 is 0 Å². The maximum absolute atomic E-state index is 11.9. The Morgan fingerprint density at radius 2 is 2.10 bits per heavy atom. The molecule has 0 atom stereocenters. The summed E-state index contributed by atoms with van der Waals surface area (Å²) in [6.07, 6.45) is 0.668. The van der Waals surface area contributed by atoms with Gasteiger partial charge in [-0.15, -0.1) is 0 Å². The molecule has 0 bridgehead atoms. The molecule has 0 aliphatic carbocycles. The van der Waals surface area contributed by atoms with Gasteiger partial charge < -0.3 is 20.1 Å². The lowest BCUT2D eigenvalue weighted by atomic mass is 9.90. The van der Waals surface area contributed by atoms with Gasteiger partial charge in [0, 0.05) is 51.3 Å². The summed E-state index contributed by atoms with van der Waals surface area (Å²) in [5, 5.41) is 11.9. The van der Waals surface area contributed by atoms with Gasteiger partial charge >= 0.3 is 5.97 Å². The number of aliphatic carboxylic acids is 1. The third-order valence-corrected chi connectivity index (χ3v) is 4.48. The fourth-order valence-corrected chi connectivity index (χ4v) is 3.16. The molecule has 2 heterocycles. The normalized spacial score (nSPS) is 21.8. The van der Waals surface area contributed by atoms with Crippen LogP contribution in [0.5, 0.6) is 0 Å². The Bertz CT molecular complexity index is 409. The van der Waals surface area contributed by atoms with E-state index in [4.69, 9.17) is 4.74 Å². The Morgan fingerprint density at radius 3 is 2.65 bits per heavy atom. The predicted octanol–water partition coefficient (Wildman–Crippen LogP) is 0.295. The standard InChI is InChI=1S/C12H18N2O5S/c15-9(1-4-14-5-8-20-11(14)18)13-12(10(16)17)2-6-19-7-3-12/h1-8H2,(H,13,15)(H,16,17). The van der Waals surface area contributed by atoms with Crippen molar-refractivity contribution in [2.75, 3.05) is 32.1 Å². The molecule has 2 aliphatic rings. The summed E-state index contributed by atoms with van der Waals surface area (Å²) in [5.41, 5.74) is -1.22. The predicted molar refractivity (Wildman–Crippen MR) is 72.6 cm³/mol. The Hall–Kier alpha value is -1.28. The molecule has 112 valence electrons. The van der Waals surface area contributed by atoms with Gasteiger partial charge in [0.1, 0.15) is 5.54 Å². The van der Waals surface area contributed by atoms with Crippen LogP contribution in [0.4, 0.5) is 4.79 Å². The first-order valence-corrected chi connectivity index (χ1v) is 7.56. The molecule has 2 N–H and O–H groups in total. The summed E-state index contributed by atoms with van der Waals surface area (Å²) in [5.74, 6) is -0.613. The number of amides is 2. The van der Waals surface area contributed by atoms with Crippen molar-refractivity contribution in [2.45, 2.75) is 24.8 Å². The van der Waals surface area contributed by atoms with Gasteiger partial charge in [-0.1, -0.05) is 11.8 Å². The Labute approximate surface area is 121 Å². The van der Waals surface area contributed by atoms with Crippen molar-refractivity contribution in [2.24, 2.45) is 0 Å². The van der Waals surface area contributed by atoms with Crippen molar-refractivity contribution in [1.29, 1.82) is 0 Å². The van der Waals surface area contributed by atoms with Crippen LogP contribution in [0, 0.1) is 0 Å². The molecule has 0 spiro atoms. The molecule has 8 heteroatoms. The highest BCUT2D eigenvalue weighted by Gasteiger charge is 2.41. The van der Waals surface area contributed by atoms with Crippen LogP contribution in [-0.2, 0) is 14.3 Å². The summed E-state index contributed by atoms with van der Waals surface area (Å²) in [4.78, 5) is 36.3. The van der Waals surface area contributed by atoms with Gasteiger partial charge in [0.15, 0.2) is 0 Å². The number of ether oxygens (including phenoxy) is 1. The van der Waals surface area contributed by atoms with Gasteiger partial charge in [-0.25, -0.2) is 4.79 Å². The summed E-state index contributed by atoms with van der Waals surface area (Å²) in [6, 6.07) is 0. The van der Waals surface area contributed by atoms with E-state index in [1.807, 2.05) is 0 Å². The first-order valence-electron chi connectivity index (χ1n) is 6.57. The molecule has 0 saturated carbocycles. The van der Waals surface area contributed by atoms with E-state index in [2.05, 4.69) is 5.32 Å². The van der Waals surface area contributed by atoms with E-state index in [1.54, 1.807) is 4.90 Å². The van der Waals surface area contributed by atoms with Crippen molar-refractivity contribution >= 4 is 28.9 Å². The topological polar surface area (TPSA) is 95.9 Å². The third-order valence-electron chi connectivity index (χ3n) is 3.59. The molecule has 2 saturated heterocycles. The summed E-state index contributed by atoms with van der Waals surface area (Å²) in [7, 11) is 0. The fraction of sp³-hybridized carbons (Fsp3) is 0.750. The van der Waals surface area contributed by atoms with E-state index in [-0.39, 0.29) is 30.4 Å². The monoisotopic (exact) mass is 302 g/mol. The van der Waals surface area contributed by atoms with Crippen molar-refractivity contribution in [1.82, 2.24) is 10.2 Å². The Kier molecular flexibility index (Phi) is 4.87. The van der Waals surface area contributed by atoms with Crippen molar-refractivity contribution in [3.63, 3.8) is 0 Å². The number of carboxylic acid groups (broad SMARTS) is 1. The van der Waals surface area contributed by atoms with Crippen LogP contribution in [0.2, 0.25) is 0 Å². The van der Waals surface area contributed by atoms with E-state index in [0.717, 1.165) is 5.75 Å². The Morgan fingerprint density at radius 1 is 1.40 bits per heavy atom. The molecular weight excluding hydrogens is 284 g/mol. The van der Waals surface area contributed by atoms with Crippen LogP contribution in [-0.4, -0.2) is 64.7 Å². The molecule has 7 nitrogen and oxygen atoms in total. The SMILES string of the molecule is O=C(CCN1CCSC1=O)NC1(C(=O)O)CCOCC1. The molecule has 0 unspecified atom stereocenters. The number of thioether (sulfide) groups is 1. The second kappa shape index (κ2) is 6.45. The van der Waals surface area contributed by atoms with Crippen LogP contribution in [0.25, 0.3) is 0 Å². The smallest absolute Gasteiger partial charge is 0.329 e. The zero-order valence-corrected chi connectivity index (χ0v) is 11.9. The number of carboxylic acids is 1. The lowest BCUT2D eigenvalue weighted by molar-refractivity contribution is -0.152. The number of hydrogen-bond acceptors (Lipinski definition) is 5. The molecule has 2 rings (SSSR count). The summed E-state index contributed by atoms with van der Waals surface area (Å²) in [6.45, 7) is 1.64. The average Bonchev–Trinajstić information content (AvgIpc) is 2.83. The molecular formula is C12H18N2O5S. The number of rotatable bonds is 5. The van der Waals surface area contributed by atoms with Crippen LogP contribution in [0.15, 0.2) is 0 Å².